The van der Waals surface area contributed by atoms with E-state index in [1.165, 1.54) is 6.92 Å². The SMILES string of the molecule is Cc1ncc(C(F)F)c(S(N)(=O)=O)c1Cl. The summed E-state index contributed by atoms with van der Waals surface area (Å²) >= 11 is 5.57. The van der Waals surface area contributed by atoms with Gasteiger partial charge in [0.05, 0.1) is 16.3 Å². The second-order valence-corrected chi connectivity index (χ2v) is 4.66. The highest BCUT2D eigenvalue weighted by Gasteiger charge is 2.25. The minimum absolute atomic E-state index is 0.130. The van der Waals surface area contributed by atoms with Crippen molar-refractivity contribution in [2.24, 2.45) is 5.14 Å². The number of hydrogen-bond acceptors (Lipinski definition) is 3. The second-order valence-electron chi connectivity index (χ2n) is 2.79. The van der Waals surface area contributed by atoms with Crippen molar-refractivity contribution < 1.29 is 17.2 Å². The summed E-state index contributed by atoms with van der Waals surface area (Å²) in [6.07, 6.45) is -2.24. The van der Waals surface area contributed by atoms with Gasteiger partial charge in [0.1, 0.15) is 4.90 Å². The molecule has 0 aliphatic carbocycles. The fraction of sp³-hybridized carbons (Fsp3) is 0.286. The molecule has 1 aromatic heterocycles. The monoisotopic (exact) mass is 256 g/mol. The maximum Gasteiger partial charge on any atom is 0.266 e. The van der Waals surface area contributed by atoms with E-state index >= 15 is 0 Å². The Kier molecular flexibility index (Phi) is 3.27. The third kappa shape index (κ3) is 2.42. The van der Waals surface area contributed by atoms with Gasteiger partial charge in [-0.25, -0.2) is 22.3 Å². The first-order chi connectivity index (χ1) is 6.75. The van der Waals surface area contributed by atoms with E-state index in [1.54, 1.807) is 0 Å². The first-order valence-corrected chi connectivity index (χ1v) is 5.63. The maximum atomic E-state index is 12.5. The van der Waals surface area contributed by atoms with Crippen LogP contribution in [0.4, 0.5) is 8.78 Å². The highest BCUT2D eigenvalue weighted by molar-refractivity contribution is 7.89. The number of halogens is 3. The van der Waals surface area contributed by atoms with Crippen molar-refractivity contribution >= 4 is 21.6 Å². The van der Waals surface area contributed by atoms with Crippen LogP contribution in [0.5, 0.6) is 0 Å². The Balaban J connectivity index is 3.65. The molecule has 0 aromatic carbocycles. The van der Waals surface area contributed by atoms with E-state index in [2.05, 4.69) is 4.98 Å². The van der Waals surface area contributed by atoms with E-state index in [4.69, 9.17) is 16.7 Å². The van der Waals surface area contributed by atoms with Crippen LogP contribution in [0, 0.1) is 6.92 Å². The van der Waals surface area contributed by atoms with Crippen molar-refractivity contribution in [3.05, 3.63) is 22.5 Å². The van der Waals surface area contributed by atoms with Crippen LogP contribution in [0.3, 0.4) is 0 Å². The summed E-state index contributed by atoms with van der Waals surface area (Å²) in [6.45, 7) is 1.40. The Morgan fingerprint density at radius 3 is 2.47 bits per heavy atom. The number of rotatable bonds is 2. The molecule has 0 radical (unpaired) electrons. The quantitative estimate of drug-likeness (QED) is 0.874. The molecule has 1 rings (SSSR count). The Labute approximate surface area is 90.1 Å². The van der Waals surface area contributed by atoms with Gasteiger partial charge in [0.2, 0.25) is 10.0 Å². The fourth-order valence-electron chi connectivity index (χ4n) is 1.02. The van der Waals surface area contributed by atoms with Gasteiger partial charge in [-0.2, -0.15) is 0 Å². The van der Waals surface area contributed by atoms with Gasteiger partial charge in [0.15, 0.2) is 0 Å². The fourth-order valence-corrected chi connectivity index (χ4v) is 2.37. The molecule has 0 spiro atoms. The molecule has 0 aliphatic rings. The third-order valence-corrected chi connectivity index (χ3v) is 3.28. The highest BCUT2D eigenvalue weighted by Crippen LogP contribution is 2.31. The lowest BCUT2D eigenvalue weighted by Gasteiger charge is -2.09. The van der Waals surface area contributed by atoms with E-state index in [-0.39, 0.29) is 10.7 Å². The summed E-state index contributed by atoms with van der Waals surface area (Å²) in [6, 6.07) is 0. The van der Waals surface area contributed by atoms with Crippen LogP contribution >= 0.6 is 11.6 Å². The molecule has 0 atom stereocenters. The predicted octanol–water partition coefficient (Wildman–Crippen LogP) is 1.63. The number of aryl methyl sites for hydroxylation is 1. The Morgan fingerprint density at radius 2 is 2.07 bits per heavy atom. The number of primary sulfonamides is 1. The van der Waals surface area contributed by atoms with Gasteiger partial charge in [-0.1, -0.05) is 11.6 Å². The molecular formula is C7H7ClF2N2O2S. The van der Waals surface area contributed by atoms with Gasteiger partial charge in [0, 0.05) is 6.20 Å². The lowest BCUT2D eigenvalue weighted by Crippen LogP contribution is -2.16. The molecule has 15 heavy (non-hydrogen) atoms. The van der Waals surface area contributed by atoms with Crippen LogP contribution < -0.4 is 5.14 Å². The summed E-state index contributed by atoms with van der Waals surface area (Å²) in [7, 11) is -4.28. The first-order valence-electron chi connectivity index (χ1n) is 3.71. The van der Waals surface area contributed by atoms with Crippen LogP contribution in [-0.4, -0.2) is 13.4 Å². The van der Waals surface area contributed by atoms with E-state index < -0.39 is 26.9 Å². The van der Waals surface area contributed by atoms with Crippen LogP contribution in [0.1, 0.15) is 17.7 Å². The molecule has 84 valence electrons. The molecular weight excluding hydrogens is 250 g/mol. The van der Waals surface area contributed by atoms with Crippen molar-refractivity contribution in [2.45, 2.75) is 18.2 Å². The summed E-state index contributed by atoms with van der Waals surface area (Å²) in [5.41, 5.74) is -0.654. The molecule has 1 heterocycles. The lowest BCUT2D eigenvalue weighted by atomic mass is 10.2. The largest absolute Gasteiger partial charge is 0.266 e. The van der Waals surface area contributed by atoms with Gasteiger partial charge in [-0.15, -0.1) is 0 Å². The molecule has 0 amide bonds. The average molecular weight is 257 g/mol. The van der Waals surface area contributed by atoms with Crippen molar-refractivity contribution in [3.8, 4) is 0 Å². The molecule has 0 saturated carbocycles. The molecule has 0 bridgehead atoms. The van der Waals surface area contributed by atoms with Crippen molar-refractivity contribution in [2.75, 3.05) is 0 Å². The van der Waals surface area contributed by atoms with Crippen molar-refractivity contribution in [3.63, 3.8) is 0 Å². The summed E-state index contributed by atoms with van der Waals surface area (Å²) < 4.78 is 47.0. The van der Waals surface area contributed by atoms with Gasteiger partial charge in [-0.3, -0.25) is 4.98 Å². The summed E-state index contributed by atoms with van der Waals surface area (Å²) in [5, 5.41) is 4.43. The van der Waals surface area contributed by atoms with Crippen LogP contribution in [0.15, 0.2) is 11.1 Å². The molecule has 1 aromatic rings. The van der Waals surface area contributed by atoms with Crippen LogP contribution in [0.25, 0.3) is 0 Å². The third-order valence-electron chi connectivity index (χ3n) is 1.70. The zero-order valence-corrected chi connectivity index (χ0v) is 9.11. The molecule has 0 aliphatic heterocycles. The Bertz CT molecular complexity index is 490. The molecule has 8 heteroatoms. The summed E-state index contributed by atoms with van der Waals surface area (Å²) in [5.74, 6) is 0. The summed E-state index contributed by atoms with van der Waals surface area (Å²) in [4.78, 5) is 2.78. The van der Waals surface area contributed by atoms with Crippen molar-refractivity contribution in [1.29, 1.82) is 0 Å². The zero-order chi connectivity index (χ0) is 11.8. The Hall–Kier alpha value is -0.790. The van der Waals surface area contributed by atoms with E-state index in [0.29, 0.717) is 0 Å². The van der Waals surface area contributed by atoms with Crippen LogP contribution in [-0.2, 0) is 10.0 Å². The van der Waals surface area contributed by atoms with Gasteiger partial charge in [0.25, 0.3) is 6.43 Å². The average Bonchev–Trinajstić information content (AvgIpc) is 2.06. The van der Waals surface area contributed by atoms with E-state index in [1.807, 2.05) is 0 Å². The number of nitrogens with zero attached hydrogens (tertiary/aromatic N) is 1. The van der Waals surface area contributed by atoms with Gasteiger partial charge in [-0.05, 0) is 6.92 Å². The smallest absolute Gasteiger partial charge is 0.259 e. The molecule has 0 saturated heterocycles. The van der Waals surface area contributed by atoms with Gasteiger partial charge >= 0.3 is 0 Å². The maximum absolute atomic E-state index is 12.5. The second kappa shape index (κ2) is 3.99. The topological polar surface area (TPSA) is 73.0 Å². The highest BCUT2D eigenvalue weighted by atomic mass is 35.5. The standard InChI is InChI=1S/C7H7ClF2N2O2S/c1-3-5(8)6(15(11,13)14)4(2-12-3)7(9)10/h2,7H,1H3,(H2,11,13,14). The lowest BCUT2D eigenvalue weighted by molar-refractivity contribution is 0.147. The van der Waals surface area contributed by atoms with Crippen molar-refractivity contribution in [1.82, 2.24) is 4.98 Å². The number of alkyl halides is 2. The normalized spacial score (nSPS) is 12.1. The minimum atomic E-state index is -4.28. The first kappa shape index (κ1) is 12.3. The molecule has 0 fully saturated rings. The molecule has 4 nitrogen and oxygen atoms in total. The minimum Gasteiger partial charge on any atom is -0.259 e. The molecule has 2 N–H and O–H groups in total. The van der Waals surface area contributed by atoms with Gasteiger partial charge < -0.3 is 0 Å². The Morgan fingerprint density at radius 1 is 1.53 bits per heavy atom. The van der Waals surface area contributed by atoms with E-state index in [9.17, 15) is 17.2 Å². The number of nitrogens with two attached hydrogens (primary N) is 1. The number of aromatic nitrogens is 1. The number of pyridine rings is 1. The number of hydrogen-bond donors (Lipinski definition) is 1. The van der Waals surface area contributed by atoms with E-state index in [0.717, 1.165) is 6.20 Å². The predicted molar refractivity (Wildman–Crippen MR) is 50.3 cm³/mol. The number of sulfonamides is 1. The zero-order valence-electron chi connectivity index (χ0n) is 7.54. The van der Waals surface area contributed by atoms with Crippen LogP contribution in [0.2, 0.25) is 5.02 Å². The molecule has 0 unspecified atom stereocenters.